The third-order valence-corrected chi connectivity index (χ3v) is 3.34. The molecule has 18 heavy (non-hydrogen) atoms. The van der Waals surface area contributed by atoms with Crippen molar-refractivity contribution in [2.24, 2.45) is 5.92 Å². The molecule has 2 aromatic rings. The van der Waals surface area contributed by atoms with Crippen LogP contribution in [0.2, 0.25) is 0 Å². The van der Waals surface area contributed by atoms with Gasteiger partial charge < -0.3 is 5.73 Å². The van der Waals surface area contributed by atoms with E-state index in [0.29, 0.717) is 5.92 Å². The Morgan fingerprint density at radius 3 is 2.78 bits per heavy atom. The van der Waals surface area contributed by atoms with Crippen LogP contribution in [0.25, 0.3) is 11.3 Å². The first-order valence-electron chi connectivity index (χ1n) is 6.15. The number of benzene rings is 1. The van der Waals surface area contributed by atoms with Gasteiger partial charge in [-0.2, -0.15) is 5.10 Å². The minimum Gasteiger partial charge on any atom is -0.384 e. The molecule has 0 fully saturated rings. The van der Waals surface area contributed by atoms with Gasteiger partial charge in [0.1, 0.15) is 5.82 Å². The van der Waals surface area contributed by atoms with E-state index in [9.17, 15) is 0 Å². The van der Waals surface area contributed by atoms with Crippen LogP contribution in [0, 0.1) is 5.92 Å². The number of rotatable bonds is 4. The maximum absolute atomic E-state index is 5.99. The van der Waals surface area contributed by atoms with Gasteiger partial charge in [0.15, 0.2) is 0 Å². The fourth-order valence-electron chi connectivity index (χ4n) is 1.78. The molecule has 0 saturated carbocycles. The Bertz CT molecular complexity index is 532. The van der Waals surface area contributed by atoms with Crippen LogP contribution in [-0.4, -0.2) is 9.78 Å². The Morgan fingerprint density at radius 1 is 1.33 bits per heavy atom. The molecule has 4 heteroatoms. The summed E-state index contributed by atoms with van der Waals surface area (Å²) in [5, 5.41) is 4.56. The first-order chi connectivity index (χ1) is 8.56. The maximum atomic E-state index is 5.99. The van der Waals surface area contributed by atoms with E-state index in [1.165, 1.54) is 0 Å². The molecular formula is C14H18BrN3. The van der Waals surface area contributed by atoms with Gasteiger partial charge in [-0.3, -0.25) is 0 Å². The van der Waals surface area contributed by atoms with Gasteiger partial charge in [0.2, 0.25) is 0 Å². The van der Waals surface area contributed by atoms with E-state index >= 15 is 0 Å². The molecule has 0 saturated heterocycles. The molecule has 3 nitrogen and oxygen atoms in total. The number of aromatic nitrogens is 2. The molecular weight excluding hydrogens is 290 g/mol. The fraction of sp³-hybridized carbons (Fsp3) is 0.357. The fourth-order valence-corrected chi connectivity index (χ4v) is 2.18. The van der Waals surface area contributed by atoms with Crippen molar-refractivity contribution in [1.82, 2.24) is 9.78 Å². The van der Waals surface area contributed by atoms with E-state index < -0.39 is 0 Å². The predicted molar refractivity (Wildman–Crippen MR) is 79.2 cm³/mol. The zero-order chi connectivity index (χ0) is 13.1. The highest BCUT2D eigenvalue weighted by molar-refractivity contribution is 9.10. The van der Waals surface area contributed by atoms with Crippen LogP contribution in [0.3, 0.4) is 0 Å². The van der Waals surface area contributed by atoms with Crippen LogP contribution in [0.1, 0.15) is 20.3 Å². The van der Waals surface area contributed by atoms with E-state index in [-0.39, 0.29) is 0 Å². The second-order valence-corrected chi connectivity index (χ2v) is 5.79. The molecule has 2 rings (SSSR count). The molecule has 0 unspecified atom stereocenters. The van der Waals surface area contributed by atoms with Gasteiger partial charge in [0.05, 0.1) is 5.69 Å². The summed E-state index contributed by atoms with van der Waals surface area (Å²) in [7, 11) is 0. The molecule has 1 aromatic heterocycles. The summed E-state index contributed by atoms with van der Waals surface area (Å²) in [6, 6.07) is 10.0. The van der Waals surface area contributed by atoms with Gasteiger partial charge in [-0.1, -0.05) is 41.9 Å². The van der Waals surface area contributed by atoms with Crippen molar-refractivity contribution in [3.8, 4) is 11.3 Å². The first-order valence-corrected chi connectivity index (χ1v) is 6.95. The van der Waals surface area contributed by atoms with E-state index in [1.54, 1.807) is 0 Å². The summed E-state index contributed by atoms with van der Waals surface area (Å²) in [5.74, 6) is 1.38. The minimum absolute atomic E-state index is 0.655. The standard InChI is InChI=1S/C14H18BrN3/c1-10(2)6-7-18-14(16)9-13(17-18)11-4-3-5-12(15)8-11/h3-5,8-10H,6-7,16H2,1-2H3. The van der Waals surface area contributed by atoms with Crippen LogP contribution < -0.4 is 5.73 Å². The average molecular weight is 308 g/mol. The highest BCUT2D eigenvalue weighted by Gasteiger charge is 2.07. The van der Waals surface area contributed by atoms with Gasteiger partial charge in [0, 0.05) is 22.6 Å². The normalized spacial score (nSPS) is 11.1. The molecule has 0 aliphatic carbocycles. The second kappa shape index (κ2) is 5.57. The van der Waals surface area contributed by atoms with E-state index in [1.807, 2.05) is 28.9 Å². The average Bonchev–Trinajstić information content (AvgIpc) is 2.68. The smallest absolute Gasteiger partial charge is 0.122 e. The third-order valence-electron chi connectivity index (χ3n) is 2.85. The highest BCUT2D eigenvalue weighted by atomic mass is 79.9. The Morgan fingerprint density at radius 2 is 2.11 bits per heavy atom. The van der Waals surface area contributed by atoms with Crippen molar-refractivity contribution in [1.29, 1.82) is 0 Å². The van der Waals surface area contributed by atoms with Crippen LogP contribution >= 0.6 is 15.9 Å². The Balaban J connectivity index is 2.23. The molecule has 0 radical (unpaired) electrons. The van der Waals surface area contributed by atoms with Crippen LogP contribution in [0.4, 0.5) is 5.82 Å². The van der Waals surface area contributed by atoms with E-state index in [2.05, 4.69) is 40.9 Å². The number of nitrogen functional groups attached to an aromatic ring is 1. The molecule has 0 amide bonds. The quantitative estimate of drug-likeness (QED) is 0.929. The number of hydrogen-bond acceptors (Lipinski definition) is 2. The van der Waals surface area contributed by atoms with Gasteiger partial charge in [0.25, 0.3) is 0 Å². The van der Waals surface area contributed by atoms with Gasteiger partial charge >= 0.3 is 0 Å². The summed E-state index contributed by atoms with van der Waals surface area (Å²) in [4.78, 5) is 0. The lowest BCUT2D eigenvalue weighted by Crippen LogP contribution is -2.06. The summed E-state index contributed by atoms with van der Waals surface area (Å²) in [6.45, 7) is 5.28. The largest absolute Gasteiger partial charge is 0.384 e. The molecule has 2 N–H and O–H groups in total. The molecule has 96 valence electrons. The molecule has 1 heterocycles. The maximum Gasteiger partial charge on any atom is 0.122 e. The second-order valence-electron chi connectivity index (χ2n) is 4.87. The Kier molecular flexibility index (Phi) is 4.07. The van der Waals surface area contributed by atoms with Crippen molar-refractivity contribution in [3.63, 3.8) is 0 Å². The number of nitrogens with zero attached hydrogens (tertiary/aromatic N) is 2. The lowest BCUT2D eigenvalue weighted by Gasteiger charge is -2.06. The minimum atomic E-state index is 0.655. The Labute approximate surface area is 116 Å². The molecule has 1 aromatic carbocycles. The zero-order valence-corrected chi connectivity index (χ0v) is 12.3. The van der Waals surface area contributed by atoms with E-state index in [0.717, 1.165) is 34.5 Å². The summed E-state index contributed by atoms with van der Waals surface area (Å²) >= 11 is 3.47. The number of anilines is 1. The van der Waals surface area contributed by atoms with Crippen molar-refractivity contribution < 1.29 is 0 Å². The van der Waals surface area contributed by atoms with Gasteiger partial charge in [-0.25, -0.2) is 4.68 Å². The van der Waals surface area contributed by atoms with Crippen LogP contribution in [0.5, 0.6) is 0 Å². The van der Waals surface area contributed by atoms with Crippen molar-refractivity contribution in [2.45, 2.75) is 26.8 Å². The van der Waals surface area contributed by atoms with Crippen molar-refractivity contribution >= 4 is 21.7 Å². The monoisotopic (exact) mass is 307 g/mol. The predicted octanol–water partition coefficient (Wildman–Crippen LogP) is 3.94. The number of aryl methyl sites for hydroxylation is 1. The summed E-state index contributed by atoms with van der Waals surface area (Å²) in [6.07, 6.45) is 1.09. The van der Waals surface area contributed by atoms with Crippen molar-refractivity contribution in [3.05, 3.63) is 34.8 Å². The molecule has 0 aliphatic heterocycles. The SMILES string of the molecule is CC(C)CCn1nc(-c2cccc(Br)c2)cc1N. The van der Waals surface area contributed by atoms with Crippen LogP contribution in [-0.2, 0) is 6.54 Å². The van der Waals surface area contributed by atoms with Gasteiger partial charge in [-0.15, -0.1) is 0 Å². The first kappa shape index (κ1) is 13.1. The molecule has 0 bridgehead atoms. The summed E-state index contributed by atoms with van der Waals surface area (Å²) in [5.41, 5.74) is 8.00. The summed E-state index contributed by atoms with van der Waals surface area (Å²) < 4.78 is 2.94. The number of halogens is 1. The molecule has 0 atom stereocenters. The topological polar surface area (TPSA) is 43.8 Å². The Hall–Kier alpha value is -1.29. The lowest BCUT2D eigenvalue weighted by atomic mass is 10.1. The van der Waals surface area contributed by atoms with E-state index in [4.69, 9.17) is 5.73 Å². The third kappa shape index (κ3) is 3.13. The van der Waals surface area contributed by atoms with Crippen molar-refractivity contribution in [2.75, 3.05) is 5.73 Å². The zero-order valence-electron chi connectivity index (χ0n) is 10.7. The highest BCUT2D eigenvalue weighted by Crippen LogP contribution is 2.23. The van der Waals surface area contributed by atoms with Gasteiger partial charge in [-0.05, 0) is 24.5 Å². The number of nitrogens with two attached hydrogens (primary N) is 1. The molecule has 0 spiro atoms. The molecule has 0 aliphatic rings. The number of hydrogen-bond donors (Lipinski definition) is 1. The van der Waals surface area contributed by atoms with Crippen LogP contribution in [0.15, 0.2) is 34.8 Å². The lowest BCUT2D eigenvalue weighted by molar-refractivity contribution is 0.492.